The van der Waals surface area contributed by atoms with Crippen LogP contribution in [0.3, 0.4) is 0 Å². The maximum absolute atomic E-state index is 13.1. The Hall–Kier alpha value is -2.39. The third kappa shape index (κ3) is 3.53. The summed E-state index contributed by atoms with van der Waals surface area (Å²) in [5.74, 6) is 0.0401. The summed E-state index contributed by atoms with van der Waals surface area (Å²) >= 11 is 0. The van der Waals surface area contributed by atoms with E-state index in [1.165, 1.54) is 11.1 Å². The van der Waals surface area contributed by atoms with Crippen molar-refractivity contribution < 1.29 is 9.59 Å². The fourth-order valence-corrected chi connectivity index (χ4v) is 5.28. The number of piperazine rings is 1. The fourth-order valence-electron chi connectivity index (χ4n) is 5.28. The molecule has 3 aliphatic rings. The first-order chi connectivity index (χ1) is 13.9. The molecule has 0 aromatic heterocycles. The fraction of sp³-hybridized carbons (Fsp3) is 0.609. The lowest BCUT2D eigenvalue weighted by Crippen LogP contribution is -2.53. The molecule has 6 heteroatoms. The van der Waals surface area contributed by atoms with E-state index in [1.807, 2.05) is 11.8 Å². The molecule has 2 bridgehead atoms. The summed E-state index contributed by atoms with van der Waals surface area (Å²) in [6, 6.07) is 10.5. The Morgan fingerprint density at radius 2 is 2.00 bits per heavy atom. The van der Waals surface area contributed by atoms with Gasteiger partial charge in [-0.25, -0.2) is 0 Å². The molecule has 0 aliphatic carbocycles. The molecule has 3 saturated heterocycles. The maximum atomic E-state index is 13.1. The zero-order valence-corrected chi connectivity index (χ0v) is 17.5. The lowest BCUT2D eigenvalue weighted by molar-refractivity contribution is -0.142. The molecule has 1 aromatic rings. The van der Waals surface area contributed by atoms with Crippen molar-refractivity contribution >= 4 is 11.8 Å². The monoisotopic (exact) mass is 394 g/mol. The second-order valence-electron chi connectivity index (χ2n) is 8.91. The number of benzene rings is 1. The maximum Gasteiger partial charge on any atom is 0.240 e. The van der Waals surface area contributed by atoms with Gasteiger partial charge in [-0.15, -0.1) is 0 Å². The first-order valence-corrected chi connectivity index (χ1v) is 10.7. The van der Waals surface area contributed by atoms with Crippen LogP contribution in [-0.2, 0) is 9.59 Å². The van der Waals surface area contributed by atoms with Crippen LogP contribution < -0.4 is 0 Å². The van der Waals surface area contributed by atoms with Crippen LogP contribution >= 0.6 is 0 Å². The average molecular weight is 395 g/mol. The van der Waals surface area contributed by atoms with E-state index in [9.17, 15) is 14.9 Å². The highest BCUT2D eigenvalue weighted by Gasteiger charge is 2.51. The topological polar surface area (TPSA) is 67.7 Å². The zero-order chi connectivity index (χ0) is 20.7. The number of hydrogen-bond acceptors (Lipinski definition) is 4. The van der Waals surface area contributed by atoms with Gasteiger partial charge in [0.15, 0.2) is 0 Å². The Balaban J connectivity index is 1.39. The van der Waals surface area contributed by atoms with E-state index in [0.717, 1.165) is 25.8 Å². The van der Waals surface area contributed by atoms with Crippen LogP contribution in [0.25, 0.3) is 0 Å². The Morgan fingerprint density at radius 1 is 1.28 bits per heavy atom. The van der Waals surface area contributed by atoms with Crippen molar-refractivity contribution in [2.24, 2.45) is 5.92 Å². The van der Waals surface area contributed by atoms with Crippen LogP contribution in [0.4, 0.5) is 0 Å². The Morgan fingerprint density at radius 3 is 2.66 bits per heavy atom. The molecule has 0 radical (unpaired) electrons. The Labute approximate surface area is 173 Å². The molecule has 0 spiro atoms. The number of aryl methyl sites for hydroxylation is 1. The minimum Gasteiger partial charge on any atom is -0.330 e. The van der Waals surface area contributed by atoms with Gasteiger partial charge in [0.2, 0.25) is 11.8 Å². The third-order valence-electron chi connectivity index (χ3n) is 6.91. The number of nitrogens with zero attached hydrogens (tertiary/aromatic N) is 4. The molecule has 29 heavy (non-hydrogen) atoms. The van der Waals surface area contributed by atoms with E-state index in [-0.39, 0.29) is 41.9 Å². The van der Waals surface area contributed by atoms with Crippen LogP contribution in [0.1, 0.15) is 50.3 Å². The molecular formula is C23H30N4O2. The van der Waals surface area contributed by atoms with Gasteiger partial charge in [0.1, 0.15) is 6.04 Å². The highest BCUT2D eigenvalue weighted by molar-refractivity contribution is 5.86. The Bertz CT molecular complexity index is 830. The van der Waals surface area contributed by atoms with Gasteiger partial charge < -0.3 is 9.80 Å². The smallest absolute Gasteiger partial charge is 0.240 e. The number of carbonyl (C=O) groups excluding carboxylic acids is 2. The van der Waals surface area contributed by atoms with Crippen LogP contribution in [0.2, 0.25) is 0 Å². The normalized spacial score (nSPS) is 28.6. The summed E-state index contributed by atoms with van der Waals surface area (Å²) in [6.45, 7) is 8.19. The molecule has 0 N–H and O–H groups in total. The highest BCUT2D eigenvalue weighted by Crippen LogP contribution is 2.38. The zero-order valence-electron chi connectivity index (χ0n) is 17.5. The van der Waals surface area contributed by atoms with E-state index in [0.29, 0.717) is 13.1 Å². The first kappa shape index (κ1) is 19.9. The van der Waals surface area contributed by atoms with Crippen molar-refractivity contribution in [2.75, 3.05) is 19.6 Å². The summed E-state index contributed by atoms with van der Waals surface area (Å²) in [5.41, 5.74) is 2.39. The van der Waals surface area contributed by atoms with Gasteiger partial charge in [0, 0.05) is 31.6 Å². The summed E-state index contributed by atoms with van der Waals surface area (Å²) in [5, 5.41) is 9.26. The van der Waals surface area contributed by atoms with E-state index >= 15 is 0 Å². The molecule has 0 unspecified atom stereocenters. The summed E-state index contributed by atoms with van der Waals surface area (Å²) < 4.78 is 0. The van der Waals surface area contributed by atoms with Crippen molar-refractivity contribution in [3.8, 4) is 6.07 Å². The number of hydrogen-bond donors (Lipinski definition) is 0. The lowest BCUT2D eigenvalue weighted by atomic mass is 10.0. The second kappa shape index (κ2) is 7.79. The standard InChI is InChI=1S/C23H30N4O2/c1-15-6-8-18(9-7-15)17(3)27-20-11-21(23(27)29)25(14-20)13-16(2)22(28)26-10-4-5-19(26)12-24/h6-9,16-17,19-21H,4-5,10-11,13-14H2,1-3H3/t16-,17-,19-,20-,21-/m0/s1. The van der Waals surface area contributed by atoms with E-state index in [4.69, 9.17) is 0 Å². The summed E-state index contributed by atoms with van der Waals surface area (Å²) in [6.07, 6.45) is 2.52. The van der Waals surface area contributed by atoms with Crippen molar-refractivity contribution in [3.63, 3.8) is 0 Å². The number of likely N-dealkylation sites (tertiary alicyclic amines) is 3. The number of rotatable bonds is 5. The first-order valence-electron chi connectivity index (χ1n) is 10.7. The second-order valence-corrected chi connectivity index (χ2v) is 8.91. The van der Waals surface area contributed by atoms with Crippen molar-refractivity contribution in [3.05, 3.63) is 35.4 Å². The molecule has 4 rings (SSSR count). The number of nitriles is 1. The predicted octanol–water partition coefficient (Wildman–Crippen LogP) is 2.49. The quantitative estimate of drug-likeness (QED) is 0.770. The molecule has 3 heterocycles. The van der Waals surface area contributed by atoms with E-state index in [2.05, 4.69) is 49.1 Å². The molecule has 6 nitrogen and oxygen atoms in total. The molecule has 2 amide bonds. The SMILES string of the molecule is Cc1ccc([C@H](C)N2C(=O)[C@@H]3C[C@H]2CN3C[C@H](C)C(=O)N2CCC[C@H]2C#N)cc1. The van der Waals surface area contributed by atoms with Gasteiger partial charge in [0.05, 0.1) is 18.2 Å². The van der Waals surface area contributed by atoms with Gasteiger partial charge in [0.25, 0.3) is 0 Å². The molecule has 5 atom stereocenters. The molecule has 154 valence electrons. The van der Waals surface area contributed by atoms with E-state index in [1.54, 1.807) is 4.90 Å². The van der Waals surface area contributed by atoms with Crippen molar-refractivity contribution in [2.45, 2.75) is 64.2 Å². The van der Waals surface area contributed by atoms with Gasteiger partial charge in [-0.05, 0) is 38.7 Å². The number of carbonyl (C=O) groups is 2. The lowest BCUT2D eigenvalue weighted by Gasteiger charge is -2.38. The van der Waals surface area contributed by atoms with E-state index < -0.39 is 0 Å². The minimum absolute atomic E-state index is 0.0501. The Kier molecular flexibility index (Phi) is 5.35. The van der Waals surface area contributed by atoms with Crippen LogP contribution in [-0.4, -0.2) is 64.3 Å². The molecule has 3 aliphatic heterocycles. The average Bonchev–Trinajstić information content (AvgIpc) is 3.41. The highest BCUT2D eigenvalue weighted by atomic mass is 16.2. The van der Waals surface area contributed by atoms with Crippen molar-refractivity contribution in [1.29, 1.82) is 5.26 Å². The van der Waals surface area contributed by atoms with Crippen molar-refractivity contribution in [1.82, 2.24) is 14.7 Å². The van der Waals surface area contributed by atoms with Crippen LogP contribution in [0.5, 0.6) is 0 Å². The minimum atomic E-state index is -0.285. The van der Waals surface area contributed by atoms with Crippen LogP contribution in [0.15, 0.2) is 24.3 Å². The van der Waals surface area contributed by atoms with Gasteiger partial charge in [-0.3, -0.25) is 14.5 Å². The van der Waals surface area contributed by atoms with Gasteiger partial charge in [-0.2, -0.15) is 5.26 Å². The largest absolute Gasteiger partial charge is 0.330 e. The molecule has 0 saturated carbocycles. The molecule has 1 aromatic carbocycles. The summed E-state index contributed by atoms with van der Waals surface area (Å²) in [7, 11) is 0. The number of amides is 2. The molecular weight excluding hydrogens is 364 g/mol. The predicted molar refractivity (Wildman–Crippen MR) is 110 cm³/mol. The number of fused-ring (bicyclic) bond motifs is 2. The third-order valence-corrected chi connectivity index (χ3v) is 6.91. The van der Waals surface area contributed by atoms with Crippen LogP contribution in [0, 0.1) is 24.2 Å². The molecule has 3 fully saturated rings. The summed E-state index contributed by atoms with van der Waals surface area (Å²) in [4.78, 5) is 31.9. The van der Waals surface area contributed by atoms with Gasteiger partial charge in [-0.1, -0.05) is 36.8 Å². The van der Waals surface area contributed by atoms with Gasteiger partial charge >= 0.3 is 0 Å².